The molecule has 1 aromatic rings. The third-order valence-electron chi connectivity index (χ3n) is 2.16. The van der Waals surface area contributed by atoms with Crippen molar-refractivity contribution in [1.29, 1.82) is 0 Å². The van der Waals surface area contributed by atoms with Crippen LogP contribution in [0.5, 0.6) is 0 Å². The Kier molecular flexibility index (Phi) is 3.89. The normalized spacial score (nSPS) is 10.5. The molecule has 0 heterocycles. The molecule has 1 amide bonds. The number of rotatable bonds is 3. The lowest BCUT2D eigenvalue weighted by Gasteiger charge is -2.19. The third kappa shape index (κ3) is 3.39. The van der Waals surface area contributed by atoms with Crippen LogP contribution in [0.15, 0.2) is 24.3 Å². The summed E-state index contributed by atoms with van der Waals surface area (Å²) in [6.07, 6.45) is 0. The van der Waals surface area contributed by atoms with Crippen molar-refractivity contribution in [2.75, 3.05) is 13.6 Å². The standard InChI is InChI=1S/C13H18NO/c1-10(2)9-14(4)13(15)12-7-5-6-11(3)8-12/h5-8,10H,3,9H2,1-2,4H3. The molecule has 0 N–H and O–H groups in total. The van der Waals surface area contributed by atoms with Crippen molar-refractivity contribution in [3.8, 4) is 0 Å². The minimum absolute atomic E-state index is 0.0641. The maximum Gasteiger partial charge on any atom is 0.253 e. The van der Waals surface area contributed by atoms with Gasteiger partial charge in [-0.2, -0.15) is 0 Å². The zero-order valence-corrected chi connectivity index (χ0v) is 9.66. The Morgan fingerprint density at radius 3 is 2.67 bits per heavy atom. The fraction of sp³-hybridized carbons (Fsp3) is 0.385. The van der Waals surface area contributed by atoms with E-state index in [1.807, 2.05) is 31.3 Å². The monoisotopic (exact) mass is 204 g/mol. The average molecular weight is 204 g/mol. The molecule has 81 valence electrons. The summed E-state index contributed by atoms with van der Waals surface area (Å²) in [5, 5.41) is 0. The third-order valence-corrected chi connectivity index (χ3v) is 2.16. The highest BCUT2D eigenvalue weighted by Crippen LogP contribution is 2.08. The van der Waals surface area contributed by atoms with Crippen molar-refractivity contribution < 1.29 is 4.79 Å². The number of benzene rings is 1. The van der Waals surface area contributed by atoms with E-state index in [0.29, 0.717) is 11.5 Å². The van der Waals surface area contributed by atoms with Gasteiger partial charge in [0, 0.05) is 19.2 Å². The topological polar surface area (TPSA) is 20.3 Å². The van der Waals surface area contributed by atoms with Gasteiger partial charge in [-0.05, 0) is 30.5 Å². The smallest absolute Gasteiger partial charge is 0.253 e. The molecule has 0 fully saturated rings. The first-order valence-electron chi connectivity index (χ1n) is 5.18. The first-order valence-corrected chi connectivity index (χ1v) is 5.18. The summed E-state index contributed by atoms with van der Waals surface area (Å²) in [6, 6.07) is 7.39. The first-order chi connectivity index (χ1) is 7.00. The van der Waals surface area contributed by atoms with Gasteiger partial charge in [0.05, 0.1) is 0 Å². The van der Waals surface area contributed by atoms with Gasteiger partial charge in [0.15, 0.2) is 0 Å². The number of carbonyl (C=O) groups is 1. The van der Waals surface area contributed by atoms with E-state index in [4.69, 9.17) is 0 Å². The Morgan fingerprint density at radius 2 is 2.13 bits per heavy atom. The van der Waals surface area contributed by atoms with Crippen LogP contribution in [0.2, 0.25) is 0 Å². The van der Waals surface area contributed by atoms with Gasteiger partial charge in [-0.15, -0.1) is 0 Å². The number of hydrogen-bond donors (Lipinski definition) is 0. The molecule has 0 saturated carbocycles. The summed E-state index contributed by atoms with van der Waals surface area (Å²) < 4.78 is 0. The van der Waals surface area contributed by atoms with Crippen LogP contribution in [0.1, 0.15) is 29.8 Å². The minimum Gasteiger partial charge on any atom is -0.341 e. The molecule has 1 aromatic carbocycles. The molecular formula is C13H18NO. The van der Waals surface area contributed by atoms with Gasteiger partial charge in [0.25, 0.3) is 5.91 Å². The Balaban J connectivity index is 2.76. The molecule has 0 saturated heterocycles. The highest BCUT2D eigenvalue weighted by Gasteiger charge is 2.12. The molecule has 0 bridgehead atoms. The number of amides is 1. The molecule has 0 spiro atoms. The van der Waals surface area contributed by atoms with E-state index in [0.717, 1.165) is 12.1 Å². The zero-order valence-electron chi connectivity index (χ0n) is 9.66. The Hall–Kier alpha value is -1.31. The van der Waals surface area contributed by atoms with Crippen molar-refractivity contribution in [1.82, 2.24) is 4.90 Å². The van der Waals surface area contributed by atoms with Crippen LogP contribution in [-0.4, -0.2) is 24.4 Å². The van der Waals surface area contributed by atoms with Crippen molar-refractivity contribution in [2.24, 2.45) is 5.92 Å². The molecule has 0 aliphatic rings. The van der Waals surface area contributed by atoms with Gasteiger partial charge in [-0.1, -0.05) is 26.0 Å². The maximum absolute atomic E-state index is 11.9. The highest BCUT2D eigenvalue weighted by molar-refractivity contribution is 5.94. The lowest BCUT2D eigenvalue weighted by atomic mass is 10.1. The zero-order chi connectivity index (χ0) is 11.4. The predicted octanol–water partition coefficient (Wildman–Crippen LogP) is 2.60. The second kappa shape index (κ2) is 4.96. The second-order valence-electron chi connectivity index (χ2n) is 4.28. The van der Waals surface area contributed by atoms with Gasteiger partial charge in [0.1, 0.15) is 0 Å². The molecule has 1 rings (SSSR count). The molecule has 2 nitrogen and oxygen atoms in total. The molecule has 0 atom stereocenters. The molecular weight excluding hydrogens is 186 g/mol. The lowest BCUT2D eigenvalue weighted by Crippen LogP contribution is -2.30. The summed E-state index contributed by atoms with van der Waals surface area (Å²) in [6.45, 7) is 8.79. The molecule has 0 aromatic heterocycles. The van der Waals surface area contributed by atoms with Crippen LogP contribution in [0.3, 0.4) is 0 Å². The summed E-state index contributed by atoms with van der Waals surface area (Å²) in [5.74, 6) is 0.552. The Labute approximate surface area is 91.9 Å². The Morgan fingerprint density at radius 1 is 1.47 bits per heavy atom. The van der Waals surface area contributed by atoms with Crippen molar-refractivity contribution in [3.63, 3.8) is 0 Å². The minimum atomic E-state index is 0.0641. The molecule has 2 heteroatoms. The average Bonchev–Trinajstić information content (AvgIpc) is 2.15. The van der Waals surface area contributed by atoms with Gasteiger partial charge in [-0.3, -0.25) is 4.79 Å². The van der Waals surface area contributed by atoms with Crippen LogP contribution >= 0.6 is 0 Å². The van der Waals surface area contributed by atoms with E-state index >= 15 is 0 Å². The van der Waals surface area contributed by atoms with Crippen LogP contribution in [-0.2, 0) is 0 Å². The van der Waals surface area contributed by atoms with Gasteiger partial charge in [0.2, 0.25) is 0 Å². The largest absolute Gasteiger partial charge is 0.341 e. The number of nitrogens with zero attached hydrogens (tertiary/aromatic N) is 1. The summed E-state index contributed by atoms with van der Waals surface area (Å²) >= 11 is 0. The molecule has 15 heavy (non-hydrogen) atoms. The summed E-state index contributed by atoms with van der Waals surface area (Å²) in [4.78, 5) is 13.7. The fourth-order valence-electron chi connectivity index (χ4n) is 1.56. The van der Waals surface area contributed by atoms with E-state index in [-0.39, 0.29) is 5.91 Å². The first kappa shape index (κ1) is 11.8. The van der Waals surface area contributed by atoms with E-state index in [9.17, 15) is 4.79 Å². The van der Waals surface area contributed by atoms with Gasteiger partial charge >= 0.3 is 0 Å². The number of hydrogen-bond acceptors (Lipinski definition) is 1. The number of carbonyl (C=O) groups excluding carboxylic acids is 1. The summed E-state index contributed by atoms with van der Waals surface area (Å²) in [7, 11) is 1.83. The molecule has 0 aliphatic heterocycles. The highest BCUT2D eigenvalue weighted by atomic mass is 16.2. The van der Waals surface area contributed by atoms with Crippen molar-refractivity contribution >= 4 is 5.91 Å². The predicted molar refractivity (Wildman–Crippen MR) is 62.7 cm³/mol. The SMILES string of the molecule is [CH2]c1cccc(C(=O)N(C)CC(C)C)c1. The van der Waals surface area contributed by atoms with Crippen LogP contribution in [0, 0.1) is 12.8 Å². The maximum atomic E-state index is 11.9. The van der Waals surface area contributed by atoms with Crippen LogP contribution in [0.4, 0.5) is 0 Å². The van der Waals surface area contributed by atoms with E-state index in [2.05, 4.69) is 20.8 Å². The fourth-order valence-corrected chi connectivity index (χ4v) is 1.56. The Bertz CT molecular complexity index is 344. The van der Waals surface area contributed by atoms with Crippen LogP contribution < -0.4 is 0 Å². The van der Waals surface area contributed by atoms with E-state index < -0.39 is 0 Å². The van der Waals surface area contributed by atoms with E-state index in [1.54, 1.807) is 4.90 Å². The van der Waals surface area contributed by atoms with E-state index in [1.165, 1.54) is 0 Å². The lowest BCUT2D eigenvalue weighted by molar-refractivity contribution is 0.0779. The molecule has 1 radical (unpaired) electrons. The van der Waals surface area contributed by atoms with Gasteiger partial charge < -0.3 is 4.90 Å². The summed E-state index contributed by atoms with van der Waals surface area (Å²) in [5.41, 5.74) is 1.59. The second-order valence-corrected chi connectivity index (χ2v) is 4.28. The van der Waals surface area contributed by atoms with Crippen LogP contribution in [0.25, 0.3) is 0 Å². The van der Waals surface area contributed by atoms with Gasteiger partial charge in [-0.25, -0.2) is 0 Å². The van der Waals surface area contributed by atoms with Crippen molar-refractivity contribution in [3.05, 3.63) is 42.3 Å². The quantitative estimate of drug-likeness (QED) is 0.741. The van der Waals surface area contributed by atoms with Crippen molar-refractivity contribution in [2.45, 2.75) is 13.8 Å². The molecule has 0 aliphatic carbocycles. The molecule has 0 unspecified atom stereocenters.